The Bertz CT molecular complexity index is 2060. The number of cyclic esters (lactones) is 1. The maximum Gasteiger partial charge on any atom is 0.417 e. The molecule has 1 saturated heterocycles. The van der Waals surface area contributed by atoms with Gasteiger partial charge in [0.1, 0.15) is 5.75 Å². The summed E-state index contributed by atoms with van der Waals surface area (Å²) in [5, 5.41) is 9.36. The van der Waals surface area contributed by atoms with Crippen LogP contribution in [0.4, 0.5) is 44.3 Å². The summed E-state index contributed by atoms with van der Waals surface area (Å²) in [6.45, 7) is 1.66. The zero-order valence-corrected chi connectivity index (χ0v) is 26.1. The van der Waals surface area contributed by atoms with Gasteiger partial charge in [-0.25, -0.2) is 9.59 Å². The van der Waals surface area contributed by atoms with Crippen LogP contribution in [0, 0.1) is 6.92 Å². The van der Waals surface area contributed by atoms with Gasteiger partial charge in [0.2, 0.25) is 0 Å². The molecule has 0 aliphatic carbocycles. The standard InChI is InChI=1S/C35H23F9N2O5/c1-16-9-18(31(47)48)3-5-23(16)17-4-8-28(50-2)25(12-17)29-24(14-22(15-45-29)35(42,43)44)26-6-7-27-30(51-32(49)46(26)27)19-10-20(33(36,37)38)13-21(11-19)34(39,40)41/h3-15,26-27,30H,1-2H3,(H,47,48)/t26-,27?,30+/m0/s1. The Kier molecular flexibility index (Phi) is 8.55. The fraction of sp³-hybridized carbons (Fsp3) is 0.229. The number of amides is 1. The molecule has 3 aromatic carbocycles. The van der Waals surface area contributed by atoms with E-state index in [1.165, 1.54) is 37.5 Å². The number of carboxylic acids is 1. The summed E-state index contributed by atoms with van der Waals surface area (Å²) < 4.78 is 135. The van der Waals surface area contributed by atoms with E-state index in [2.05, 4.69) is 4.98 Å². The number of aryl methyl sites for hydroxylation is 1. The molecule has 4 aromatic rings. The molecule has 2 aliphatic heterocycles. The van der Waals surface area contributed by atoms with Crippen LogP contribution in [0.2, 0.25) is 0 Å². The molecule has 0 spiro atoms. The first-order valence-corrected chi connectivity index (χ1v) is 14.8. The number of halogens is 9. The number of aromatic carboxylic acids is 1. The highest BCUT2D eigenvalue weighted by atomic mass is 19.4. The average molecular weight is 723 g/mol. The summed E-state index contributed by atoms with van der Waals surface area (Å²) in [6.07, 6.45) is -15.0. The van der Waals surface area contributed by atoms with Crippen molar-refractivity contribution in [3.8, 4) is 28.1 Å². The third-order valence-corrected chi connectivity index (χ3v) is 8.60. The molecule has 266 valence electrons. The smallest absolute Gasteiger partial charge is 0.417 e. The predicted molar refractivity (Wildman–Crippen MR) is 162 cm³/mol. The third kappa shape index (κ3) is 6.57. The zero-order chi connectivity index (χ0) is 37.2. The number of carbonyl (C=O) groups is 2. The molecule has 6 rings (SSSR count). The Balaban J connectivity index is 1.47. The van der Waals surface area contributed by atoms with Crippen LogP contribution < -0.4 is 4.74 Å². The van der Waals surface area contributed by atoms with E-state index in [0.717, 1.165) is 11.0 Å². The van der Waals surface area contributed by atoms with Crippen LogP contribution in [-0.4, -0.2) is 40.2 Å². The molecule has 16 heteroatoms. The van der Waals surface area contributed by atoms with Crippen molar-refractivity contribution in [3.63, 3.8) is 0 Å². The second-order valence-corrected chi connectivity index (χ2v) is 11.8. The van der Waals surface area contributed by atoms with E-state index < -0.39 is 71.0 Å². The van der Waals surface area contributed by atoms with Crippen molar-refractivity contribution in [1.82, 2.24) is 9.88 Å². The highest BCUT2D eigenvalue weighted by Gasteiger charge is 2.50. The van der Waals surface area contributed by atoms with E-state index in [0.29, 0.717) is 35.0 Å². The van der Waals surface area contributed by atoms with Crippen molar-refractivity contribution < 1.29 is 63.7 Å². The number of fused-ring (bicyclic) bond motifs is 1. The highest BCUT2D eigenvalue weighted by Crippen LogP contribution is 2.49. The highest BCUT2D eigenvalue weighted by molar-refractivity contribution is 5.89. The number of pyridine rings is 1. The van der Waals surface area contributed by atoms with E-state index in [4.69, 9.17) is 9.47 Å². The van der Waals surface area contributed by atoms with Gasteiger partial charge in [0, 0.05) is 17.3 Å². The lowest BCUT2D eigenvalue weighted by Gasteiger charge is -2.26. The molecule has 3 atom stereocenters. The number of hydrogen-bond acceptors (Lipinski definition) is 5. The van der Waals surface area contributed by atoms with Gasteiger partial charge in [-0.3, -0.25) is 9.88 Å². The number of hydrogen-bond donors (Lipinski definition) is 1. The van der Waals surface area contributed by atoms with Crippen molar-refractivity contribution in [1.29, 1.82) is 0 Å². The normalized spacial score (nSPS) is 18.9. The molecule has 1 N–H and O–H groups in total. The number of benzene rings is 3. The number of rotatable bonds is 6. The molecule has 7 nitrogen and oxygen atoms in total. The number of alkyl halides is 9. The molecule has 1 fully saturated rings. The lowest BCUT2D eigenvalue weighted by atomic mass is 9.93. The second kappa shape index (κ2) is 12.3. The molecular weight excluding hydrogens is 699 g/mol. The van der Waals surface area contributed by atoms with Crippen LogP contribution in [0.1, 0.15) is 55.9 Å². The molecule has 1 amide bonds. The summed E-state index contributed by atoms with van der Waals surface area (Å²) in [7, 11) is 1.30. The molecule has 1 aromatic heterocycles. The lowest BCUT2D eigenvalue weighted by molar-refractivity contribution is -0.143. The van der Waals surface area contributed by atoms with Crippen LogP contribution in [0.3, 0.4) is 0 Å². The first kappa shape index (κ1) is 35.3. The topological polar surface area (TPSA) is 89.0 Å². The summed E-state index contributed by atoms with van der Waals surface area (Å²) in [5.74, 6) is -1.01. The summed E-state index contributed by atoms with van der Waals surface area (Å²) in [5.41, 5.74) is -3.57. The van der Waals surface area contributed by atoms with Crippen LogP contribution in [0.15, 0.2) is 79.0 Å². The Morgan fingerprint density at radius 3 is 2.04 bits per heavy atom. The largest absolute Gasteiger partial charge is 0.496 e. The fourth-order valence-corrected chi connectivity index (χ4v) is 6.24. The number of aromatic nitrogens is 1. The molecule has 3 heterocycles. The van der Waals surface area contributed by atoms with E-state index in [1.807, 2.05) is 0 Å². The predicted octanol–water partition coefficient (Wildman–Crippen LogP) is 9.66. The van der Waals surface area contributed by atoms with Gasteiger partial charge in [-0.15, -0.1) is 0 Å². The van der Waals surface area contributed by atoms with Gasteiger partial charge in [-0.1, -0.05) is 24.3 Å². The summed E-state index contributed by atoms with van der Waals surface area (Å²) in [6, 6.07) is 7.89. The van der Waals surface area contributed by atoms with Gasteiger partial charge < -0.3 is 14.6 Å². The van der Waals surface area contributed by atoms with E-state index in [-0.39, 0.29) is 34.2 Å². The van der Waals surface area contributed by atoms with Crippen LogP contribution in [-0.2, 0) is 23.3 Å². The first-order chi connectivity index (χ1) is 23.8. The van der Waals surface area contributed by atoms with Gasteiger partial charge in [0.15, 0.2) is 6.10 Å². The minimum Gasteiger partial charge on any atom is -0.496 e. The molecule has 2 aliphatic rings. The monoisotopic (exact) mass is 722 g/mol. The van der Waals surface area contributed by atoms with Crippen molar-refractivity contribution in [2.24, 2.45) is 0 Å². The summed E-state index contributed by atoms with van der Waals surface area (Å²) in [4.78, 5) is 29.8. The molecule has 51 heavy (non-hydrogen) atoms. The summed E-state index contributed by atoms with van der Waals surface area (Å²) >= 11 is 0. The van der Waals surface area contributed by atoms with Gasteiger partial charge in [0.05, 0.1) is 47.1 Å². The number of carboxylic acid groups (broad SMARTS) is 1. The Morgan fingerprint density at radius 1 is 0.824 bits per heavy atom. The minimum absolute atomic E-state index is 0.0230. The van der Waals surface area contributed by atoms with Gasteiger partial charge in [-0.05, 0) is 77.7 Å². The van der Waals surface area contributed by atoms with E-state index in [1.54, 1.807) is 25.1 Å². The third-order valence-electron chi connectivity index (χ3n) is 8.60. The SMILES string of the molecule is COc1ccc(-c2ccc(C(=O)O)cc2C)cc1-c1ncc(C(F)(F)F)cc1[C@@H]1C=CC2[C@@H](c3cc(C(F)(F)F)cc(C(F)(F)F)c3)OC(=O)N21. The minimum atomic E-state index is -5.19. The number of nitrogens with zero attached hydrogens (tertiary/aromatic N) is 2. The number of carbonyl (C=O) groups excluding carboxylic acids is 1. The molecule has 1 unspecified atom stereocenters. The lowest BCUT2D eigenvalue weighted by Crippen LogP contribution is -2.32. The van der Waals surface area contributed by atoms with Crippen molar-refractivity contribution in [2.75, 3.05) is 7.11 Å². The van der Waals surface area contributed by atoms with Crippen molar-refractivity contribution in [2.45, 2.75) is 43.6 Å². The number of ether oxygens (including phenoxy) is 2. The van der Waals surface area contributed by atoms with E-state index in [9.17, 15) is 54.2 Å². The van der Waals surface area contributed by atoms with Crippen molar-refractivity contribution in [3.05, 3.63) is 118 Å². The Morgan fingerprint density at radius 2 is 1.47 bits per heavy atom. The fourth-order valence-electron chi connectivity index (χ4n) is 6.24. The molecule has 0 radical (unpaired) electrons. The molecule has 0 saturated carbocycles. The second-order valence-electron chi connectivity index (χ2n) is 11.8. The average Bonchev–Trinajstić information content (AvgIpc) is 3.63. The van der Waals surface area contributed by atoms with E-state index >= 15 is 0 Å². The van der Waals surface area contributed by atoms with Crippen LogP contribution in [0.25, 0.3) is 22.4 Å². The van der Waals surface area contributed by atoms with Crippen LogP contribution in [0.5, 0.6) is 5.75 Å². The van der Waals surface area contributed by atoms with Gasteiger partial charge >= 0.3 is 30.6 Å². The first-order valence-electron chi connectivity index (χ1n) is 14.8. The van der Waals surface area contributed by atoms with Crippen LogP contribution >= 0.6 is 0 Å². The zero-order valence-electron chi connectivity index (χ0n) is 26.1. The Hall–Kier alpha value is -5.54. The quantitative estimate of drug-likeness (QED) is 0.158. The number of methoxy groups -OCH3 is 1. The molecular formula is C35H23F9N2O5. The maximum atomic E-state index is 14.0. The van der Waals surface area contributed by atoms with Gasteiger partial charge in [0.25, 0.3) is 0 Å². The maximum absolute atomic E-state index is 14.0. The van der Waals surface area contributed by atoms with Gasteiger partial charge in [-0.2, -0.15) is 39.5 Å². The molecule has 0 bridgehead atoms. The Labute approximate surface area is 282 Å². The van der Waals surface area contributed by atoms with Crippen molar-refractivity contribution >= 4 is 12.1 Å².